The fraction of sp³-hybridized carbons (Fsp3) is 0.462. The largest absolute Gasteiger partial charge is 0.304 e. The highest BCUT2D eigenvalue weighted by molar-refractivity contribution is 7.91. The predicted octanol–water partition coefficient (Wildman–Crippen LogP) is 2.36. The molecule has 1 aliphatic rings. The van der Waals surface area contributed by atoms with Crippen molar-refractivity contribution in [3.8, 4) is 0 Å². The molecule has 0 bridgehead atoms. The summed E-state index contributed by atoms with van der Waals surface area (Å²) in [5, 5.41) is 0.697. The standard InChI is InChI=1S/C13H15ClN2O2S/c14-11-1-4-16-12(8-11)9-15-13(16)7-10-2-5-19(17,18)6-3-10/h1,4,8-10H,2-3,5-7H2. The monoisotopic (exact) mass is 298 g/mol. The van der Waals surface area contributed by atoms with E-state index in [0.717, 1.165) is 30.6 Å². The van der Waals surface area contributed by atoms with E-state index < -0.39 is 9.84 Å². The molecule has 2 aromatic heterocycles. The van der Waals surface area contributed by atoms with Crippen LogP contribution in [-0.4, -0.2) is 29.3 Å². The minimum atomic E-state index is -2.79. The molecule has 0 spiro atoms. The van der Waals surface area contributed by atoms with Crippen LogP contribution in [0.25, 0.3) is 5.52 Å². The molecule has 0 N–H and O–H groups in total. The van der Waals surface area contributed by atoms with E-state index in [1.807, 2.05) is 22.7 Å². The van der Waals surface area contributed by atoms with E-state index in [1.54, 1.807) is 6.20 Å². The second-order valence-corrected chi connectivity index (χ2v) is 7.85. The van der Waals surface area contributed by atoms with Gasteiger partial charge in [-0.25, -0.2) is 13.4 Å². The molecule has 6 heteroatoms. The highest BCUT2D eigenvalue weighted by atomic mass is 35.5. The Hall–Kier alpha value is -1.07. The highest BCUT2D eigenvalue weighted by Crippen LogP contribution is 2.23. The summed E-state index contributed by atoms with van der Waals surface area (Å²) >= 11 is 5.94. The molecule has 3 heterocycles. The highest BCUT2D eigenvalue weighted by Gasteiger charge is 2.24. The molecule has 4 nitrogen and oxygen atoms in total. The van der Waals surface area contributed by atoms with Crippen molar-refractivity contribution in [2.75, 3.05) is 11.5 Å². The van der Waals surface area contributed by atoms with E-state index in [0.29, 0.717) is 22.4 Å². The Bertz CT molecular complexity index is 695. The molecule has 0 aromatic carbocycles. The van der Waals surface area contributed by atoms with Crippen LogP contribution in [0.4, 0.5) is 0 Å². The Morgan fingerprint density at radius 2 is 2.11 bits per heavy atom. The van der Waals surface area contributed by atoms with Crippen LogP contribution in [-0.2, 0) is 16.3 Å². The SMILES string of the molecule is O=S1(=O)CCC(Cc2ncc3cc(Cl)ccn23)CC1. The maximum Gasteiger partial charge on any atom is 0.150 e. The van der Waals surface area contributed by atoms with Crippen LogP contribution in [0.2, 0.25) is 5.02 Å². The molecule has 0 atom stereocenters. The van der Waals surface area contributed by atoms with Crippen LogP contribution in [0.3, 0.4) is 0 Å². The molecule has 1 saturated heterocycles. The Morgan fingerprint density at radius 1 is 1.37 bits per heavy atom. The fourth-order valence-corrected chi connectivity index (χ4v) is 4.34. The lowest BCUT2D eigenvalue weighted by Crippen LogP contribution is -2.25. The van der Waals surface area contributed by atoms with Crippen LogP contribution < -0.4 is 0 Å². The number of fused-ring (bicyclic) bond motifs is 1. The van der Waals surface area contributed by atoms with Gasteiger partial charge in [0.25, 0.3) is 0 Å². The first-order valence-electron chi connectivity index (χ1n) is 6.35. The zero-order chi connectivity index (χ0) is 13.5. The van der Waals surface area contributed by atoms with E-state index in [4.69, 9.17) is 11.6 Å². The van der Waals surface area contributed by atoms with Gasteiger partial charge in [-0.1, -0.05) is 11.6 Å². The normalized spacial score (nSPS) is 19.8. The molecule has 0 radical (unpaired) electrons. The first-order valence-corrected chi connectivity index (χ1v) is 8.55. The van der Waals surface area contributed by atoms with Crippen molar-refractivity contribution in [2.45, 2.75) is 19.3 Å². The van der Waals surface area contributed by atoms with Crippen LogP contribution >= 0.6 is 11.6 Å². The van der Waals surface area contributed by atoms with Gasteiger partial charge in [-0.05, 0) is 30.9 Å². The summed E-state index contributed by atoms with van der Waals surface area (Å²) in [6.07, 6.45) is 6.03. The van der Waals surface area contributed by atoms with Gasteiger partial charge in [0.2, 0.25) is 0 Å². The van der Waals surface area contributed by atoms with Gasteiger partial charge in [0, 0.05) is 17.6 Å². The third-order valence-corrected chi connectivity index (χ3v) is 5.67. The number of sulfone groups is 1. The Kier molecular flexibility index (Phi) is 3.27. The van der Waals surface area contributed by atoms with Crippen LogP contribution in [0.15, 0.2) is 24.5 Å². The van der Waals surface area contributed by atoms with E-state index in [2.05, 4.69) is 4.98 Å². The van der Waals surface area contributed by atoms with E-state index >= 15 is 0 Å². The first-order chi connectivity index (χ1) is 9.03. The fourth-order valence-electron chi connectivity index (χ4n) is 2.58. The molecule has 0 saturated carbocycles. The van der Waals surface area contributed by atoms with E-state index in [9.17, 15) is 8.42 Å². The summed E-state index contributed by atoms with van der Waals surface area (Å²) in [7, 11) is -2.79. The van der Waals surface area contributed by atoms with Crippen molar-refractivity contribution in [2.24, 2.45) is 5.92 Å². The zero-order valence-corrected chi connectivity index (χ0v) is 12.0. The smallest absolute Gasteiger partial charge is 0.150 e. The molecule has 102 valence electrons. The van der Waals surface area contributed by atoms with Gasteiger partial charge in [-0.2, -0.15) is 0 Å². The van der Waals surface area contributed by atoms with Gasteiger partial charge in [0.15, 0.2) is 0 Å². The lowest BCUT2D eigenvalue weighted by atomic mass is 9.98. The van der Waals surface area contributed by atoms with Crippen molar-refractivity contribution in [3.05, 3.63) is 35.4 Å². The second-order valence-electron chi connectivity index (χ2n) is 5.11. The van der Waals surface area contributed by atoms with Gasteiger partial charge in [0.05, 0.1) is 23.2 Å². The summed E-state index contributed by atoms with van der Waals surface area (Å²) in [6, 6.07) is 3.72. The molecule has 1 aliphatic heterocycles. The van der Waals surface area contributed by atoms with Crippen molar-refractivity contribution < 1.29 is 8.42 Å². The first kappa shape index (κ1) is 12.9. The van der Waals surface area contributed by atoms with Gasteiger partial charge in [-0.15, -0.1) is 0 Å². The van der Waals surface area contributed by atoms with Crippen LogP contribution in [0, 0.1) is 5.92 Å². The minimum Gasteiger partial charge on any atom is -0.304 e. The van der Waals surface area contributed by atoms with Crippen LogP contribution in [0.1, 0.15) is 18.7 Å². The summed E-state index contributed by atoms with van der Waals surface area (Å²) in [4.78, 5) is 4.42. The summed E-state index contributed by atoms with van der Waals surface area (Å²) in [6.45, 7) is 0. The van der Waals surface area contributed by atoms with E-state index in [-0.39, 0.29) is 0 Å². The molecular weight excluding hydrogens is 284 g/mol. The Labute approximate surface area is 117 Å². The maximum atomic E-state index is 11.4. The Balaban J connectivity index is 1.79. The van der Waals surface area contributed by atoms with Crippen molar-refractivity contribution in [1.29, 1.82) is 0 Å². The number of rotatable bonds is 2. The van der Waals surface area contributed by atoms with Gasteiger partial charge < -0.3 is 4.40 Å². The molecule has 3 rings (SSSR count). The average molecular weight is 299 g/mol. The molecule has 0 amide bonds. The predicted molar refractivity (Wildman–Crippen MR) is 75.3 cm³/mol. The van der Waals surface area contributed by atoms with Crippen molar-refractivity contribution >= 4 is 27.0 Å². The molecule has 0 aliphatic carbocycles. The number of hydrogen-bond donors (Lipinski definition) is 0. The van der Waals surface area contributed by atoms with Crippen molar-refractivity contribution in [1.82, 2.24) is 9.38 Å². The lowest BCUT2D eigenvalue weighted by molar-refractivity contribution is 0.453. The summed E-state index contributed by atoms with van der Waals surface area (Å²) in [5.74, 6) is 2.01. The average Bonchev–Trinajstić information content (AvgIpc) is 2.74. The molecular formula is C13H15ClN2O2S. The summed E-state index contributed by atoms with van der Waals surface area (Å²) in [5.41, 5.74) is 0.978. The minimum absolute atomic E-state index is 0.312. The third-order valence-electron chi connectivity index (χ3n) is 3.72. The van der Waals surface area contributed by atoms with E-state index in [1.165, 1.54) is 0 Å². The number of halogens is 1. The number of imidazole rings is 1. The number of hydrogen-bond acceptors (Lipinski definition) is 3. The molecule has 1 fully saturated rings. The zero-order valence-electron chi connectivity index (χ0n) is 10.4. The number of pyridine rings is 1. The molecule has 0 unspecified atom stereocenters. The number of nitrogens with zero attached hydrogens (tertiary/aromatic N) is 2. The van der Waals surface area contributed by atoms with Gasteiger partial charge >= 0.3 is 0 Å². The topological polar surface area (TPSA) is 51.4 Å². The molecule has 19 heavy (non-hydrogen) atoms. The van der Waals surface area contributed by atoms with Gasteiger partial charge in [0.1, 0.15) is 15.7 Å². The maximum absolute atomic E-state index is 11.4. The second kappa shape index (κ2) is 4.80. The molecule has 2 aromatic rings. The third kappa shape index (κ3) is 2.77. The lowest BCUT2D eigenvalue weighted by Gasteiger charge is -2.21. The quantitative estimate of drug-likeness (QED) is 0.855. The van der Waals surface area contributed by atoms with Crippen LogP contribution in [0.5, 0.6) is 0 Å². The Morgan fingerprint density at radius 3 is 2.84 bits per heavy atom. The van der Waals surface area contributed by atoms with Crippen molar-refractivity contribution in [3.63, 3.8) is 0 Å². The number of aromatic nitrogens is 2. The summed E-state index contributed by atoms with van der Waals surface area (Å²) < 4.78 is 24.8. The van der Waals surface area contributed by atoms with Gasteiger partial charge in [-0.3, -0.25) is 0 Å².